The van der Waals surface area contributed by atoms with Crippen LogP contribution in [-0.2, 0) is 0 Å². The molecule has 1 rings (SSSR count). The van der Waals surface area contributed by atoms with Crippen LogP contribution in [-0.4, -0.2) is 19.3 Å². The molecule has 74 valence electrons. The summed E-state index contributed by atoms with van der Waals surface area (Å²) >= 11 is 2.03. The summed E-state index contributed by atoms with van der Waals surface area (Å²) in [6.45, 7) is 0. The van der Waals surface area contributed by atoms with Gasteiger partial charge >= 0.3 is 0 Å². The minimum Gasteiger partial charge on any atom is -0.496 e. The van der Waals surface area contributed by atoms with Crippen LogP contribution in [0.15, 0.2) is 12.1 Å². The molecule has 0 heterocycles. The molecule has 0 fully saturated rings. The Morgan fingerprint density at radius 2 is 2.21 bits per heavy atom. The van der Waals surface area contributed by atoms with Crippen molar-refractivity contribution in [2.45, 2.75) is 0 Å². The zero-order valence-corrected chi connectivity index (χ0v) is 9.57. The quantitative estimate of drug-likeness (QED) is 0.674. The number of aldehydes is 1. The van der Waals surface area contributed by atoms with Crippen LogP contribution in [0.1, 0.15) is 20.7 Å². The molecule has 0 bridgehead atoms. The molecule has 1 aromatic carbocycles. The minimum atomic E-state index is -0.666. The Hall–Kier alpha value is -1.11. The minimum absolute atomic E-state index is 0.128. The second-order valence-corrected chi connectivity index (χ2v) is 3.80. The first-order valence-corrected chi connectivity index (χ1v) is 4.80. The SMILES string of the molecule is COc1cc(I)cc(C=O)c1C(N)=O. The molecule has 0 aliphatic heterocycles. The van der Waals surface area contributed by atoms with E-state index in [9.17, 15) is 9.59 Å². The lowest BCUT2D eigenvalue weighted by Crippen LogP contribution is -2.15. The van der Waals surface area contributed by atoms with E-state index in [2.05, 4.69) is 0 Å². The summed E-state index contributed by atoms with van der Waals surface area (Å²) in [6, 6.07) is 3.23. The zero-order chi connectivity index (χ0) is 10.7. The van der Waals surface area contributed by atoms with Gasteiger partial charge in [-0.15, -0.1) is 0 Å². The van der Waals surface area contributed by atoms with Crippen molar-refractivity contribution in [3.05, 3.63) is 26.8 Å². The van der Waals surface area contributed by atoms with E-state index >= 15 is 0 Å². The summed E-state index contributed by atoms with van der Waals surface area (Å²) in [5.41, 5.74) is 5.52. The molecule has 2 N–H and O–H groups in total. The first-order valence-electron chi connectivity index (χ1n) is 3.72. The van der Waals surface area contributed by atoms with E-state index in [4.69, 9.17) is 10.5 Å². The van der Waals surface area contributed by atoms with E-state index in [0.29, 0.717) is 12.0 Å². The van der Waals surface area contributed by atoms with Crippen LogP contribution >= 0.6 is 22.6 Å². The molecule has 0 saturated carbocycles. The topological polar surface area (TPSA) is 69.4 Å². The van der Waals surface area contributed by atoms with Crippen molar-refractivity contribution in [3.8, 4) is 5.75 Å². The third-order valence-electron chi connectivity index (χ3n) is 1.69. The highest BCUT2D eigenvalue weighted by atomic mass is 127. The van der Waals surface area contributed by atoms with Crippen LogP contribution < -0.4 is 10.5 Å². The van der Waals surface area contributed by atoms with Gasteiger partial charge in [-0.05, 0) is 34.7 Å². The number of ether oxygens (including phenoxy) is 1. The molecule has 0 aromatic heterocycles. The maximum absolute atomic E-state index is 11.1. The van der Waals surface area contributed by atoms with Crippen molar-refractivity contribution in [2.75, 3.05) is 7.11 Å². The fraction of sp³-hybridized carbons (Fsp3) is 0.111. The summed E-state index contributed by atoms with van der Waals surface area (Å²) < 4.78 is 5.78. The summed E-state index contributed by atoms with van der Waals surface area (Å²) in [4.78, 5) is 21.7. The molecule has 1 amide bonds. The number of carbonyl (C=O) groups is 2. The Morgan fingerprint density at radius 1 is 1.57 bits per heavy atom. The van der Waals surface area contributed by atoms with E-state index in [1.165, 1.54) is 7.11 Å². The van der Waals surface area contributed by atoms with Gasteiger partial charge in [-0.2, -0.15) is 0 Å². The van der Waals surface area contributed by atoms with Gasteiger partial charge in [0.25, 0.3) is 5.91 Å². The van der Waals surface area contributed by atoms with Gasteiger partial charge in [0.1, 0.15) is 5.75 Å². The van der Waals surface area contributed by atoms with Gasteiger partial charge in [0.05, 0.1) is 12.7 Å². The molecule has 0 aliphatic carbocycles. The Labute approximate surface area is 94.6 Å². The van der Waals surface area contributed by atoms with Gasteiger partial charge in [0.15, 0.2) is 6.29 Å². The van der Waals surface area contributed by atoms with E-state index in [1.54, 1.807) is 12.1 Å². The van der Waals surface area contributed by atoms with Crippen molar-refractivity contribution in [1.82, 2.24) is 0 Å². The van der Waals surface area contributed by atoms with Gasteiger partial charge in [0.2, 0.25) is 0 Å². The highest BCUT2D eigenvalue weighted by Crippen LogP contribution is 2.24. The molecule has 0 spiro atoms. The van der Waals surface area contributed by atoms with Crippen molar-refractivity contribution >= 4 is 34.8 Å². The zero-order valence-electron chi connectivity index (χ0n) is 7.41. The average molecular weight is 305 g/mol. The predicted molar refractivity (Wildman–Crippen MR) is 59.6 cm³/mol. The third-order valence-corrected chi connectivity index (χ3v) is 2.31. The molecule has 4 nitrogen and oxygen atoms in total. The Morgan fingerprint density at radius 3 is 2.64 bits per heavy atom. The number of hydrogen-bond donors (Lipinski definition) is 1. The fourth-order valence-corrected chi connectivity index (χ4v) is 1.74. The summed E-state index contributed by atoms with van der Waals surface area (Å²) in [5, 5.41) is 0. The molecule has 14 heavy (non-hydrogen) atoms. The number of hydrogen-bond acceptors (Lipinski definition) is 3. The lowest BCUT2D eigenvalue weighted by atomic mass is 10.1. The Balaban J connectivity index is 3.48. The van der Waals surface area contributed by atoms with Crippen LogP contribution in [0.2, 0.25) is 0 Å². The Kier molecular flexibility index (Phi) is 3.45. The summed E-state index contributed by atoms with van der Waals surface area (Å²) in [5.74, 6) is -0.341. The molecule has 0 aliphatic rings. The van der Waals surface area contributed by atoms with Gasteiger partial charge in [-0.1, -0.05) is 0 Å². The first-order chi connectivity index (χ1) is 6.60. The van der Waals surface area contributed by atoms with E-state index < -0.39 is 5.91 Å². The number of amides is 1. The van der Waals surface area contributed by atoms with E-state index in [1.807, 2.05) is 22.6 Å². The highest BCUT2D eigenvalue weighted by Gasteiger charge is 2.15. The average Bonchev–Trinajstić information content (AvgIpc) is 2.15. The van der Waals surface area contributed by atoms with Crippen LogP contribution in [0.25, 0.3) is 0 Å². The number of benzene rings is 1. The molecule has 0 radical (unpaired) electrons. The monoisotopic (exact) mass is 305 g/mol. The van der Waals surface area contributed by atoms with Crippen LogP contribution in [0.5, 0.6) is 5.75 Å². The number of nitrogens with two attached hydrogens (primary N) is 1. The van der Waals surface area contributed by atoms with Crippen LogP contribution in [0, 0.1) is 3.57 Å². The van der Waals surface area contributed by atoms with E-state index in [0.717, 1.165) is 3.57 Å². The second kappa shape index (κ2) is 4.41. The number of methoxy groups -OCH3 is 1. The molecule has 0 unspecified atom stereocenters. The van der Waals surface area contributed by atoms with Gasteiger partial charge in [-0.25, -0.2) is 0 Å². The predicted octanol–water partition coefficient (Wildman–Crippen LogP) is 1.21. The van der Waals surface area contributed by atoms with Crippen molar-refractivity contribution in [1.29, 1.82) is 0 Å². The number of carbonyl (C=O) groups excluding carboxylic acids is 2. The van der Waals surface area contributed by atoms with Crippen molar-refractivity contribution in [3.63, 3.8) is 0 Å². The third kappa shape index (κ3) is 2.03. The molecule has 1 aromatic rings. The maximum atomic E-state index is 11.1. The molecular formula is C9H8INO3. The molecule has 0 saturated heterocycles. The number of halogens is 1. The molecule has 5 heteroatoms. The number of rotatable bonds is 3. The number of primary amides is 1. The fourth-order valence-electron chi connectivity index (χ4n) is 1.12. The summed E-state index contributed by atoms with van der Waals surface area (Å²) in [7, 11) is 1.42. The van der Waals surface area contributed by atoms with Gasteiger partial charge < -0.3 is 10.5 Å². The largest absolute Gasteiger partial charge is 0.496 e. The van der Waals surface area contributed by atoms with Gasteiger partial charge in [0, 0.05) is 9.13 Å². The highest BCUT2D eigenvalue weighted by molar-refractivity contribution is 14.1. The second-order valence-electron chi connectivity index (χ2n) is 2.55. The maximum Gasteiger partial charge on any atom is 0.253 e. The van der Waals surface area contributed by atoms with Crippen molar-refractivity contribution in [2.24, 2.45) is 5.73 Å². The van der Waals surface area contributed by atoms with Gasteiger partial charge in [-0.3, -0.25) is 9.59 Å². The lowest BCUT2D eigenvalue weighted by Gasteiger charge is -2.08. The molecule has 0 atom stereocenters. The lowest BCUT2D eigenvalue weighted by molar-refractivity contribution is 0.0990. The van der Waals surface area contributed by atoms with E-state index in [-0.39, 0.29) is 11.1 Å². The van der Waals surface area contributed by atoms with Crippen molar-refractivity contribution < 1.29 is 14.3 Å². The first kappa shape index (κ1) is 11.0. The standard InChI is InChI=1S/C9H8INO3/c1-14-7-3-6(10)2-5(4-12)8(7)9(11)13/h2-4H,1H3,(H2,11,13). The smallest absolute Gasteiger partial charge is 0.253 e. The van der Waals surface area contributed by atoms with Crippen LogP contribution in [0.3, 0.4) is 0 Å². The Bertz CT molecular complexity index is 390. The summed E-state index contributed by atoms with van der Waals surface area (Å²) in [6.07, 6.45) is 0.588. The molecular weight excluding hydrogens is 297 g/mol. The normalized spacial score (nSPS) is 9.57. The van der Waals surface area contributed by atoms with Crippen LogP contribution in [0.4, 0.5) is 0 Å².